The number of hydrogen-bond acceptors (Lipinski definition) is 2. The first-order chi connectivity index (χ1) is 4.81. The average Bonchev–Trinajstić information content (AvgIpc) is 1.97. The highest BCUT2D eigenvalue weighted by Crippen LogP contribution is 1.94. The summed E-state index contributed by atoms with van der Waals surface area (Å²) in [7, 11) is 0. The van der Waals surface area contributed by atoms with Crippen LogP contribution in [0.25, 0.3) is 0 Å². The van der Waals surface area contributed by atoms with Crippen molar-refractivity contribution in [1.29, 1.82) is 0 Å². The minimum Gasteiger partial charge on any atom is -0.353 e. The number of hydrogen-bond donors (Lipinski definition) is 1. The lowest BCUT2D eigenvalue weighted by Gasteiger charge is -1.98. The zero-order chi connectivity index (χ0) is 7.82. The van der Waals surface area contributed by atoms with Crippen LogP contribution in [0.1, 0.15) is 6.42 Å². The van der Waals surface area contributed by atoms with Crippen molar-refractivity contribution in [2.24, 2.45) is 0 Å². The molecule has 0 fully saturated rings. The summed E-state index contributed by atoms with van der Waals surface area (Å²) in [6, 6.07) is 0. The predicted molar refractivity (Wildman–Crippen MR) is 46.2 cm³/mol. The molecule has 0 aliphatic heterocycles. The second-order valence-electron chi connectivity index (χ2n) is 1.84. The molecule has 0 aliphatic rings. The molecule has 2 nitrogen and oxygen atoms in total. The molecular weight excluding hydrogens is 146 g/mol. The number of thioether (sulfide) groups is 1. The lowest BCUT2D eigenvalue weighted by atomic mass is 10.4. The molecule has 10 heavy (non-hydrogen) atoms. The largest absolute Gasteiger partial charge is 0.353 e. The van der Waals surface area contributed by atoms with Crippen LogP contribution in [0.5, 0.6) is 0 Å². The third-order valence-corrected chi connectivity index (χ3v) is 1.59. The molecule has 0 unspecified atom stereocenters. The Morgan fingerprint density at radius 3 is 3.00 bits per heavy atom. The Balaban J connectivity index is 3.16. The zero-order valence-electron chi connectivity index (χ0n) is 6.22. The Morgan fingerprint density at radius 1 is 1.80 bits per heavy atom. The van der Waals surface area contributed by atoms with E-state index in [0.717, 1.165) is 5.75 Å². The molecule has 0 aromatic carbocycles. The van der Waals surface area contributed by atoms with Gasteiger partial charge in [-0.2, -0.15) is 11.8 Å². The van der Waals surface area contributed by atoms with E-state index in [4.69, 9.17) is 0 Å². The maximum Gasteiger partial charge on any atom is 0.221 e. The van der Waals surface area contributed by atoms with Gasteiger partial charge in [-0.05, 0) is 6.26 Å². The highest BCUT2D eigenvalue weighted by molar-refractivity contribution is 7.98. The summed E-state index contributed by atoms with van der Waals surface area (Å²) >= 11 is 1.68. The summed E-state index contributed by atoms with van der Waals surface area (Å²) in [5.74, 6) is 0.998. The lowest BCUT2D eigenvalue weighted by Crippen LogP contribution is -2.23. The smallest absolute Gasteiger partial charge is 0.221 e. The van der Waals surface area contributed by atoms with Crippen molar-refractivity contribution >= 4 is 17.7 Å². The van der Waals surface area contributed by atoms with Crippen LogP contribution in [0.4, 0.5) is 0 Å². The van der Waals surface area contributed by atoms with Crippen LogP contribution in [0.15, 0.2) is 12.7 Å². The van der Waals surface area contributed by atoms with E-state index in [1.807, 2.05) is 6.26 Å². The number of carbonyl (C=O) groups excluding carboxylic acids is 1. The number of nitrogens with one attached hydrogen (secondary N) is 1. The van der Waals surface area contributed by atoms with Crippen molar-refractivity contribution in [2.45, 2.75) is 6.42 Å². The fraction of sp³-hybridized carbons (Fsp3) is 0.571. The van der Waals surface area contributed by atoms with Crippen LogP contribution < -0.4 is 5.32 Å². The molecular formula is C7H13NOS. The molecule has 0 aromatic rings. The number of amides is 1. The fourth-order valence-corrected chi connectivity index (χ4v) is 0.859. The van der Waals surface area contributed by atoms with Gasteiger partial charge in [-0.15, -0.1) is 6.58 Å². The minimum absolute atomic E-state index is 0.106. The van der Waals surface area contributed by atoms with Gasteiger partial charge in [-0.1, -0.05) is 6.08 Å². The van der Waals surface area contributed by atoms with E-state index in [9.17, 15) is 4.79 Å². The molecule has 0 spiro atoms. The molecule has 0 bridgehead atoms. The Bertz CT molecular complexity index is 114. The molecule has 0 radical (unpaired) electrons. The molecule has 0 saturated heterocycles. The van der Waals surface area contributed by atoms with Crippen molar-refractivity contribution < 1.29 is 4.79 Å². The van der Waals surface area contributed by atoms with Gasteiger partial charge in [0.15, 0.2) is 0 Å². The summed E-state index contributed by atoms with van der Waals surface area (Å²) in [4.78, 5) is 10.8. The Labute approximate surface area is 66.1 Å². The van der Waals surface area contributed by atoms with Gasteiger partial charge < -0.3 is 5.32 Å². The van der Waals surface area contributed by atoms with Crippen LogP contribution in [-0.2, 0) is 4.79 Å². The van der Waals surface area contributed by atoms with E-state index in [2.05, 4.69) is 11.9 Å². The molecule has 3 heteroatoms. The summed E-state index contributed by atoms with van der Waals surface area (Å²) in [6.45, 7) is 4.07. The fourth-order valence-electron chi connectivity index (χ4n) is 0.469. The van der Waals surface area contributed by atoms with Gasteiger partial charge in [0.05, 0.1) is 0 Å². The Morgan fingerprint density at radius 2 is 2.50 bits per heavy atom. The van der Waals surface area contributed by atoms with E-state index in [1.54, 1.807) is 17.8 Å². The topological polar surface area (TPSA) is 29.1 Å². The van der Waals surface area contributed by atoms with Gasteiger partial charge >= 0.3 is 0 Å². The molecule has 0 heterocycles. The van der Waals surface area contributed by atoms with Crippen molar-refractivity contribution in [3.63, 3.8) is 0 Å². The third-order valence-electron chi connectivity index (χ3n) is 0.977. The highest BCUT2D eigenvalue weighted by atomic mass is 32.2. The maximum absolute atomic E-state index is 10.8. The monoisotopic (exact) mass is 159 g/mol. The molecule has 0 saturated carbocycles. The van der Waals surface area contributed by atoms with Gasteiger partial charge in [-0.25, -0.2) is 0 Å². The van der Waals surface area contributed by atoms with E-state index < -0.39 is 0 Å². The van der Waals surface area contributed by atoms with Crippen LogP contribution in [0, 0.1) is 0 Å². The van der Waals surface area contributed by atoms with E-state index >= 15 is 0 Å². The van der Waals surface area contributed by atoms with E-state index in [0.29, 0.717) is 13.0 Å². The Hall–Kier alpha value is -0.440. The molecule has 1 amide bonds. The molecule has 0 aliphatic carbocycles. The predicted octanol–water partition coefficient (Wildman–Crippen LogP) is 1.04. The quantitative estimate of drug-likeness (QED) is 0.607. The van der Waals surface area contributed by atoms with Crippen molar-refractivity contribution in [2.75, 3.05) is 18.6 Å². The molecule has 0 atom stereocenters. The average molecular weight is 159 g/mol. The highest BCUT2D eigenvalue weighted by Gasteiger charge is 1.95. The summed E-state index contributed by atoms with van der Waals surface area (Å²) in [5, 5.41) is 2.70. The second kappa shape index (κ2) is 6.68. The van der Waals surface area contributed by atoms with E-state index in [-0.39, 0.29) is 5.91 Å². The van der Waals surface area contributed by atoms with Gasteiger partial charge in [0.1, 0.15) is 0 Å². The first kappa shape index (κ1) is 9.56. The van der Waals surface area contributed by atoms with Crippen LogP contribution in [-0.4, -0.2) is 24.5 Å². The normalized spacial score (nSPS) is 8.90. The van der Waals surface area contributed by atoms with Crippen LogP contribution >= 0.6 is 11.8 Å². The molecule has 58 valence electrons. The van der Waals surface area contributed by atoms with Gasteiger partial charge in [-0.3, -0.25) is 4.79 Å². The molecule has 1 N–H and O–H groups in total. The van der Waals surface area contributed by atoms with Crippen LogP contribution in [0.2, 0.25) is 0 Å². The van der Waals surface area contributed by atoms with Crippen molar-refractivity contribution in [3.8, 4) is 0 Å². The van der Waals surface area contributed by atoms with Crippen LogP contribution in [0.3, 0.4) is 0 Å². The third kappa shape index (κ3) is 5.69. The van der Waals surface area contributed by atoms with Gasteiger partial charge in [0, 0.05) is 18.7 Å². The first-order valence-electron chi connectivity index (χ1n) is 3.17. The lowest BCUT2D eigenvalue weighted by molar-refractivity contribution is -0.120. The second-order valence-corrected chi connectivity index (χ2v) is 2.82. The van der Waals surface area contributed by atoms with Gasteiger partial charge in [0.25, 0.3) is 0 Å². The minimum atomic E-state index is 0.106. The zero-order valence-corrected chi connectivity index (χ0v) is 7.04. The first-order valence-corrected chi connectivity index (χ1v) is 4.57. The number of rotatable bonds is 5. The SMILES string of the molecule is C=CCNC(=O)CCSC. The molecule has 0 aromatic heterocycles. The summed E-state index contributed by atoms with van der Waals surface area (Å²) in [5.41, 5.74) is 0. The maximum atomic E-state index is 10.8. The number of carbonyl (C=O) groups is 1. The standard InChI is InChI=1S/C7H13NOS/c1-3-5-8-7(9)4-6-10-2/h3H,1,4-6H2,2H3,(H,8,9). The van der Waals surface area contributed by atoms with Crippen molar-refractivity contribution in [3.05, 3.63) is 12.7 Å². The van der Waals surface area contributed by atoms with E-state index in [1.165, 1.54) is 0 Å². The summed E-state index contributed by atoms with van der Waals surface area (Å²) < 4.78 is 0. The van der Waals surface area contributed by atoms with Gasteiger partial charge in [0.2, 0.25) is 5.91 Å². The Kier molecular flexibility index (Phi) is 6.38. The molecule has 0 rings (SSSR count). The van der Waals surface area contributed by atoms with Crippen molar-refractivity contribution in [1.82, 2.24) is 5.32 Å². The summed E-state index contributed by atoms with van der Waals surface area (Å²) in [6.07, 6.45) is 4.27.